The maximum atomic E-state index is 11.7. The lowest BCUT2D eigenvalue weighted by atomic mass is 10.2. The summed E-state index contributed by atoms with van der Waals surface area (Å²) in [5.74, 6) is 0. The zero-order valence-electron chi connectivity index (χ0n) is 9.55. The van der Waals surface area contributed by atoms with Crippen molar-refractivity contribution in [1.29, 1.82) is 0 Å². The van der Waals surface area contributed by atoms with Crippen molar-refractivity contribution < 1.29 is 4.79 Å². The topological polar surface area (TPSA) is 32.3 Å². The van der Waals surface area contributed by atoms with E-state index in [9.17, 15) is 4.79 Å². The molecule has 0 spiro atoms. The fraction of sp³-hybridized carbons (Fsp3) is 0.909. The molecule has 1 unspecified atom stereocenters. The number of rotatable bonds is 3. The number of amides is 2. The van der Waals surface area contributed by atoms with Crippen LogP contribution in [0.1, 0.15) is 46.0 Å². The largest absolute Gasteiger partial charge is 0.335 e. The average molecular weight is 198 g/mol. The Bertz CT molecular complexity index is 188. The van der Waals surface area contributed by atoms with E-state index in [2.05, 4.69) is 19.2 Å². The van der Waals surface area contributed by atoms with E-state index in [4.69, 9.17) is 0 Å². The highest BCUT2D eigenvalue weighted by atomic mass is 16.2. The lowest BCUT2D eigenvalue weighted by molar-refractivity contribution is 0.188. The molecule has 0 aromatic heterocycles. The maximum absolute atomic E-state index is 11.7. The molecule has 1 N–H and O–H groups in total. The summed E-state index contributed by atoms with van der Waals surface area (Å²) < 4.78 is 0. The van der Waals surface area contributed by atoms with Gasteiger partial charge < -0.3 is 10.2 Å². The third-order valence-electron chi connectivity index (χ3n) is 3.26. The first kappa shape index (κ1) is 11.3. The Labute approximate surface area is 86.9 Å². The predicted molar refractivity (Wildman–Crippen MR) is 58.3 cm³/mol. The Morgan fingerprint density at radius 2 is 2.07 bits per heavy atom. The summed E-state index contributed by atoms with van der Waals surface area (Å²) in [7, 11) is 1.87. The standard InChI is InChI=1S/C11H22N2O/c1-4-9(2)13(3)11(14)12-10-7-5-6-8-10/h9-10H,4-8H2,1-3H3,(H,12,14). The van der Waals surface area contributed by atoms with Crippen molar-refractivity contribution in [2.75, 3.05) is 7.05 Å². The number of nitrogens with zero attached hydrogens (tertiary/aromatic N) is 1. The van der Waals surface area contributed by atoms with Crippen molar-refractivity contribution in [1.82, 2.24) is 10.2 Å². The van der Waals surface area contributed by atoms with Crippen molar-refractivity contribution in [3.05, 3.63) is 0 Å². The molecule has 1 aliphatic carbocycles. The first-order valence-corrected chi connectivity index (χ1v) is 5.68. The van der Waals surface area contributed by atoms with E-state index in [0.717, 1.165) is 19.3 Å². The second kappa shape index (κ2) is 5.23. The van der Waals surface area contributed by atoms with E-state index in [1.54, 1.807) is 4.90 Å². The van der Waals surface area contributed by atoms with Crippen LogP contribution in [0.15, 0.2) is 0 Å². The number of urea groups is 1. The molecule has 0 radical (unpaired) electrons. The van der Waals surface area contributed by atoms with Crippen molar-refractivity contribution in [3.63, 3.8) is 0 Å². The van der Waals surface area contributed by atoms with E-state index in [1.807, 2.05) is 7.05 Å². The monoisotopic (exact) mass is 198 g/mol. The van der Waals surface area contributed by atoms with Gasteiger partial charge in [0.15, 0.2) is 0 Å². The molecule has 0 aromatic rings. The van der Waals surface area contributed by atoms with Gasteiger partial charge in [0.2, 0.25) is 0 Å². The van der Waals surface area contributed by atoms with E-state index in [0.29, 0.717) is 12.1 Å². The average Bonchev–Trinajstić information content (AvgIpc) is 2.68. The molecule has 0 heterocycles. The molecular formula is C11H22N2O. The second-order valence-electron chi connectivity index (χ2n) is 4.30. The van der Waals surface area contributed by atoms with Crippen LogP contribution in [-0.4, -0.2) is 30.1 Å². The van der Waals surface area contributed by atoms with Crippen LogP contribution in [0.3, 0.4) is 0 Å². The van der Waals surface area contributed by atoms with Crippen molar-refractivity contribution in [2.24, 2.45) is 0 Å². The van der Waals surface area contributed by atoms with Gasteiger partial charge in [-0.2, -0.15) is 0 Å². The van der Waals surface area contributed by atoms with Crippen molar-refractivity contribution in [2.45, 2.75) is 58.0 Å². The molecule has 82 valence electrons. The van der Waals surface area contributed by atoms with Gasteiger partial charge in [0.05, 0.1) is 0 Å². The summed E-state index contributed by atoms with van der Waals surface area (Å²) >= 11 is 0. The molecule has 3 heteroatoms. The molecule has 1 saturated carbocycles. The van der Waals surface area contributed by atoms with Gasteiger partial charge in [-0.15, -0.1) is 0 Å². The summed E-state index contributed by atoms with van der Waals surface area (Å²) in [6, 6.07) is 0.844. The Balaban J connectivity index is 2.32. The third-order valence-corrected chi connectivity index (χ3v) is 3.26. The molecule has 1 rings (SSSR count). The van der Waals surface area contributed by atoms with Crippen LogP contribution in [0.4, 0.5) is 4.79 Å². The summed E-state index contributed by atoms with van der Waals surface area (Å²) in [5, 5.41) is 3.08. The Kier molecular flexibility index (Phi) is 4.23. The van der Waals surface area contributed by atoms with Crippen molar-refractivity contribution in [3.8, 4) is 0 Å². The molecule has 2 amide bonds. The molecule has 0 aromatic carbocycles. The van der Waals surface area contributed by atoms with E-state index in [1.165, 1.54) is 12.8 Å². The van der Waals surface area contributed by atoms with Gasteiger partial charge in [0, 0.05) is 19.1 Å². The smallest absolute Gasteiger partial charge is 0.317 e. The zero-order valence-corrected chi connectivity index (χ0v) is 9.55. The minimum atomic E-state index is 0.0891. The van der Waals surface area contributed by atoms with Crippen LogP contribution in [-0.2, 0) is 0 Å². The molecular weight excluding hydrogens is 176 g/mol. The fourth-order valence-electron chi connectivity index (χ4n) is 1.82. The number of carbonyl (C=O) groups is 1. The first-order chi connectivity index (χ1) is 6.65. The molecule has 1 fully saturated rings. The molecule has 0 bridgehead atoms. The van der Waals surface area contributed by atoms with Gasteiger partial charge in [-0.3, -0.25) is 0 Å². The normalized spacial score (nSPS) is 19.4. The number of nitrogens with one attached hydrogen (secondary N) is 1. The van der Waals surface area contributed by atoms with Gasteiger partial charge >= 0.3 is 6.03 Å². The highest BCUT2D eigenvalue weighted by molar-refractivity contribution is 5.74. The first-order valence-electron chi connectivity index (χ1n) is 5.68. The summed E-state index contributed by atoms with van der Waals surface area (Å²) in [5.41, 5.74) is 0. The van der Waals surface area contributed by atoms with Crippen LogP contribution in [0.2, 0.25) is 0 Å². The van der Waals surface area contributed by atoms with Crippen LogP contribution < -0.4 is 5.32 Å². The minimum Gasteiger partial charge on any atom is -0.335 e. The van der Waals surface area contributed by atoms with Gasteiger partial charge in [-0.1, -0.05) is 19.8 Å². The molecule has 14 heavy (non-hydrogen) atoms. The van der Waals surface area contributed by atoms with Crippen molar-refractivity contribution >= 4 is 6.03 Å². The van der Waals surface area contributed by atoms with Crippen LogP contribution in [0.5, 0.6) is 0 Å². The SMILES string of the molecule is CCC(C)N(C)C(=O)NC1CCCC1. The van der Waals surface area contributed by atoms with Gasteiger partial charge in [-0.25, -0.2) is 4.79 Å². The molecule has 1 aliphatic rings. The van der Waals surface area contributed by atoms with Gasteiger partial charge in [0.1, 0.15) is 0 Å². The number of hydrogen-bond acceptors (Lipinski definition) is 1. The fourth-order valence-corrected chi connectivity index (χ4v) is 1.82. The van der Waals surface area contributed by atoms with Crippen LogP contribution >= 0.6 is 0 Å². The zero-order chi connectivity index (χ0) is 10.6. The molecule has 0 aliphatic heterocycles. The predicted octanol–water partition coefficient (Wildman–Crippen LogP) is 2.37. The number of hydrogen-bond donors (Lipinski definition) is 1. The third kappa shape index (κ3) is 2.89. The maximum Gasteiger partial charge on any atom is 0.317 e. The van der Waals surface area contributed by atoms with Crippen LogP contribution in [0, 0.1) is 0 Å². The Hall–Kier alpha value is -0.730. The minimum absolute atomic E-state index is 0.0891. The summed E-state index contributed by atoms with van der Waals surface area (Å²) in [4.78, 5) is 13.5. The molecule has 0 saturated heterocycles. The quantitative estimate of drug-likeness (QED) is 0.742. The highest BCUT2D eigenvalue weighted by Gasteiger charge is 2.20. The van der Waals surface area contributed by atoms with Crippen LogP contribution in [0.25, 0.3) is 0 Å². The highest BCUT2D eigenvalue weighted by Crippen LogP contribution is 2.17. The van der Waals surface area contributed by atoms with E-state index < -0.39 is 0 Å². The lowest BCUT2D eigenvalue weighted by Gasteiger charge is -2.25. The second-order valence-corrected chi connectivity index (χ2v) is 4.30. The van der Waals surface area contributed by atoms with Gasteiger partial charge in [-0.05, 0) is 26.2 Å². The Morgan fingerprint density at radius 3 is 2.57 bits per heavy atom. The number of carbonyl (C=O) groups excluding carboxylic acids is 1. The molecule has 3 nitrogen and oxygen atoms in total. The molecule has 1 atom stereocenters. The summed E-state index contributed by atoms with van der Waals surface area (Å²) in [6.45, 7) is 4.18. The van der Waals surface area contributed by atoms with E-state index in [-0.39, 0.29) is 6.03 Å². The van der Waals surface area contributed by atoms with Gasteiger partial charge in [0.25, 0.3) is 0 Å². The Morgan fingerprint density at radius 1 is 1.50 bits per heavy atom. The van der Waals surface area contributed by atoms with E-state index >= 15 is 0 Å². The lowest BCUT2D eigenvalue weighted by Crippen LogP contribution is -2.45. The summed E-state index contributed by atoms with van der Waals surface area (Å²) in [6.07, 6.45) is 5.84.